The highest BCUT2D eigenvalue weighted by molar-refractivity contribution is 6.31. The number of benzene rings is 4. The summed E-state index contributed by atoms with van der Waals surface area (Å²) in [6.07, 6.45) is 0. The molecule has 4 rings (SSSR count). The number of rotatable bonds is 9. The van der Waals surface area contributed by atoms with Gasteiger partial charge in [0, 0.05) is 22.7 Å². The predicted octanol–water partition coefficient (Wildman–Crippen LogP) is 7.35. The minimum absolute atomic E-state index is 0.112. The summed E-state index contributed by atoms with van der Waals surface area (Å²) in [5, 5.41) is 27.2. The maximum atomic E-state index is 14.0. The van der Waals surface area contributed by atoms with Crippen molar-refractivity contribution in [3.63, 3.8) is 0 Å². The Hall–Kier alpha value is -5.10. The molecule has 4 aromatic carbocycles. The van der Waals surface area contributed by atoms with Crippen LogP contribution in [0, 0.1) is 35.3 Å². The Morgan fingerprint density at radius 1 is 0.714 bits per heavy atom. The lowest BCUT2D eigenvalue weighted by Gasteiger charge is -2.06. The van der Waals surface area contributed by atoms with Crippen LogP contribution in [0.3, 0.4) is 0 Å². The maximum absolute atomic E-state index is 14.0. The summed E-state index contributed by atoms with van der Waals surface area (Å²) in [5.41, 5.74) is 1.96. The molecule has 0 atom stereocenters. The van der Waals surface area contributed by atoms with Gasteiger partial charge in [0.15, 0.2) is 13.2 Å². The van der Waals surface area contributed by atoms with Crippen molar-refractivity contribution < 1.29 is 47.9 Å². The normalized spacial score (nSPS) is 9.63. The van der Waals surface area contributed by atoms with E-state index in [-0.39, 0.29) is 28.2 Å². The molecule has 0 aliphatic carbocycles. The Morgan fingerprint density at radius 2 is 1.22 bits per heavy atom. The minimum Gasteiger partial charge on any atom is -0.481 e. The topological polar surface area (TPSA) is 123 Å². The SMILES string of the molecule is CC.COCc1ccc(F)c(C#Cc2cc(Cl)ccc2OCC(=O)O)c1.O=C(O)COc1ccc(Cl)cc1C#Cc1cccc(CO)c1F. The Kier molecular flexibility index (Phi) is 17.2. The van der Waals surface area contributed by atoms with E-state index in [1.54, 1.807) is 31.4 Å². The number of halogens is 4. The number of carboxylic acids is 2. The monoisotopic (exact) mass is 712 g/mol. The number of carboxylic acid groups (broad SMARTS) is 2. The molecule has 4 aromatic rings. The van der Waals surface area contributed by atoms with Crippen molar-refractivity contribution in [1.29, 1.82) is 0 Å². The molecule has 12 heteroatoms. The lowest BCUT2D eigenvalue weighted by Crippen LogP contribution is -2.10. The van der Waals surface area contributed by atoms with Crippen LogP contribution in [0.4, 0.5) is 8.78 Å². The average molecular weight is 714 g/mol. The van der Waals surface area contributed by atoms with Gasteiger partial charge in [-0.25, -0.2) is 18.4 Å². The van der Waals surface area contributed by atoms with Crippen molar-refractivity contribution in [3.05, 3.63) is 128 Å². The van der Waals surface area contributed by atoms with Crippen LogP contribution in [0.15, 0.2) is 72.8 Å². The zero-order valence-corrected chi connectivity index (χ0v) is 28.2. The molecule has 0 aliphatic rings. The number of aliphatic hydroxyl groups is 1. The van der Waals surface area contributed by atoms with Crippen LogP contribution in [0.2, 0.25) is 10.0 Å². The first kappa shape index (κ1) is 40.1. The second-order valence-corrected chi connectivity index (χ2v) is 10.2. The zero-order chi connectivity index (χ0) is 36.3. The molecule has 0 aromatic heterocycles. The van der Waals surface area contributed by atoms with Gasteiger partial charge < -0.3 is 29.5 Å². The number of methoxy groups -OCH3 is 1. The van der Waals surface area contributed by atoms with Crippen molar-refractivity contribution in [1.82, 2.24) is 0 Å². The van der Waals surface area contributed by atoms with Gasteiger partial charge in [-0.05, 0) is 60.2 Å². The molecule has 8 nitrogen and oxygen atoms in total. The van der Waals surface area contributed by atoms with Crippen molar-refractivity contribution in [2.75, 3.05) is 20.3 Å². The van der Waals surface area contributed by atoms with E-state index in [1.165, 1.54) is 48.5 Å². The van der Waals surface area contributed by atoms with Crippen molar-refractivity contribution in [2.24, 2.45) is 0 Å². The third-order valence-electron chi connectivity index (χ3n) is 5.84. The number of ether oxygens (including phenoxy) is 3. The molecule has 3 N–H and O–H groups in total. The summed E-state index contributed by atoms with van der Waals surface area (Å²) in [6, 6.07) is 18.2. The van der Waals surface area contributed by atoms with Crippen molar-refractivity contribution >= 4 is 35.1 Å². The Bertz CT molecular complexity index is 1870. The second kappa shape index (κ2) is 21.0. The molecule has 0 spiro atoms. The molecule has 256 valence electrons. The van der Waals surface area contributed by atoms with Gasteiger partial charge in [0.25, 0.3) is 0 Å². The number of hydrogen-bond donors (Lipinski definition) is 3. The second-order valence-electron chi connectivity index (χ2n) is 9.33. The predicted molar refractivity (Wildman–Crippen MR) is 182 cm³/mol. The fourth-order valence-corrected chi connectivity index (χ4v) is 4.07. The quantitative estimate of drug-likeness (QED) is 0.154. The van der Waals surface area contributed by atoms with Crippen LogP contribution in [-0.4, -0.2) is 47.6 Å². The zero-order valence-electron chi connectivity index (χ0n) is 26.7. The molecular formula is C37H32Cl2F2O8. The molecular weight excluding hydrogens is 681 g/mol. The number of hydrogen-bond acceptors (Lipinski definition) is 6. The summed E-state index contributed by atoms with van der Waals surface area (Å²) in [4.78, 5) is 21.2. The molecule has 0 unspecified atom stereocenters. The van der Waals surface area contributed by atoms with Gasteiger partial charge in [-0.2, -0.15) is 0 Å². The molecule has 0 aliphatic heterocycles. The standard InChI is InChI=1S/C18H14ClFO4.C17H12ClFO4.C2H6/c1-23-10-12-2-6-16(20)13(8-12)3-4-14-9-15(19)5-7-17(14)24-11-18(21)22;18-14-6-7-15(23-10-16(21)22)12(8-14)5-4-11-2-1-3-13(9-20)17(11)19;1-2/h2,5-9H,10-11H2,1H3,(H,21,22);1-3,6-8,20H,9-10H2,(H,21,22);1-2H3. The summed E-state index contributed by atoms with van der Waals surface area (Å²) in [5.74, 6) is 8.05. The van der Waals surface area contributed by atoms with Crippen LogP contribution in [0.5, 0.6) is 11.5 Å². The van der Waals surface area contributed by atoms with Crippen molar-refractivity contribution in [2.45, 2.75) is 27.1 Å². The largest absolute Gasteiger partial charge is 0.481 e. The van der Waals surface area contributed by atoms with Crippen molar-refractivity contribution in [3.8, 4) is 35.2 Å². The third-order valence-corrected chi connectivity index (χ3v) is 6.31. The first-order chi connectivity index (χ1) is 23.5. The molecule has 0 saturated heterocycles. The Balaban J connectivity index is 0.000000324. The average Bonchev–Trinajstić information content (AvgIpc) is 3.08. The van der Waals surface area contributed by atoms with Gasteiger partial charge in [-0.1, -0.05) is 78.9 Å². The maximum Gasteiger partial charge on any atom is 0.341 e. The summed E-state index contributed by atoms with van der Waals surface area (Å²) in [7, 11) is 1.55. The third kappa shape index (κ3) is 13.5. The van der Waals surface area contributed by atoms with Gasteiger partial charge in [-0.3, -0.25) is 0 Å². The molecule has 0 radical (unpaired) electrons. The lowest BCUT2D eigenvalue weighted by molar-refractivity contribution is -0.140. The van der Waals surface area contributed by atoms with Crippen LogP contribution in [-0.2, 0) is 27.5 Å². The number of aliphatic carboxylic acids is 2. The first-order valence-corrected chi connectivity index (χ1v) is 15.2. The smallest absolute Gasteiger partial charge is 0.341 e. The fourth-order valence-electron chi connectivity index (χ4n) is 3.72. The molecule has 0 fully saturated rings. The molecule has 0 bridgehead atoms. The highest BCUT2D eigenvalue weighted by Gasteiger charge is 2.09. The Labute approximate surface area is 292 Å². The van der Waals surface area contributed by atoms with Crippen LogP contribution >= 0.6 is 23.2 Å². The summed E-state index contributed by atoms with van der Waals surface area (Å²) in [6.45, 7) is 2.89. The number of aliphatic hydroxyl groups excluding tert-OH is 1. The van der Waals surface area contributed by atoms with E-state index >= 15 is 0 Å². The van der Waals surface area contributed by atoms with E-state index in [0.717, 1.165) is 5.56 Å². The Morgan fingerprint density at radius 3 is 1.71 bits per heavy atom. The molecule has 0 amide bonds. The first-order valence-electron chi connectivity index (χ1n) is 14.5. The summed E-state index contributed by atoms with van der Waals surface area (Å²) < 4.78 is 43.2. The highest BCUT2D eigenvalue weighted by atomic mass is 35.5. The van der Waals surface area contributed by atoms with E-state index in [9.17, 15) is 18.4 Å². The highest BCUT2D eigenvalue weighted by Crippen LogP contribution is 2.24. The van der Waals surface area contributed by atoms with Gasteiger partial charge in [0.05, 0.1) is 35.5 Å². The molecule has 0 heterocycles. The lowest BCUT2D eigenvalue weighted by atomic mass is 10.1. The van der Waals surface area contributed by atoms with E-state index in [0.29, 0.717) is 27.8 Å². The van der Waals surface area contributed by atoms with Gasteiger partial charge in [0.2, 0.25) is 0 Å². The number of carbonyl (C=O) groups is 2. The van der Waals surface area contributed by atoms with Gasteiger partial charge >= 0.3 is 11.9 Å². The van der Waals surface area contributed by atoms with Crippen LogP contribution < -0.4 is 9.47 Å². The summed E-state index contributed by atoms with van der Waals surface area (Å²) >= 11 is 11.8. The van der Waals surface area contributed by atoms with Crippen LogP contribution in [0.1, 0.15) is 47.2 Å². The minimum atomic E-state index is -1.12. The van der Waals surface area contributed by atoms with E-state index < -0.39 is 43.4 Å². The van der Waals surface area contributed by atoms with Gasteiger partial charge in [0.1, 0.15) is 23.1 Å². The molecule has 0 saturated carbocycles. The van der Waals surface area contributed by atoms with E-state index in [4.69, 9.17) is 52.7 Å². The fraction of sp³-hybridized carbons (Fsp3) is 0.189. The van der Waals surface area contributed by atoms with E-state index in [2.05, 4.69) is 23.7 Å². The van der Waals surface area contributed by atoms with Gasteiger partial charge in [-0.15, -0.1) is 0 Å². The van der Waals surface area contributed by atoms with Crippen LogP contribution in [0.25, 0.3) is 0 Å². The van der Waals surface area contributed by atoms with E-state index in [1.807, 2.05) is 13.8 Å². The molecule has 49 heavy (non-hydrogen) atoms.